The number of anilines is 2. The Kier molecular flexibility index (Phi) is 8.43. The molecule has 1 heteroatoms. The van der Waals surface area contributed by atoms with E-state index in [1.54, 1.807) is 0 Å². The minimum absolute atomic E-state index is 1.11. The van der Waals surface area contributed by atoms with E-state index in [-0.39, 0.29) is 0 Å². The van der Waals surface area contributed by atoms with Gasteiger partial charge in [0.15, 0.2) is 0 Å². The largest absolute Gasteiger partial charge is 0.311 e. The van der Waals surface area contributed by atoms with E-state index >= 15 is 0 Å². The number of nitrogens with zero attached hydrogens (tertiary/aromatic N) is 1. The number of rotatable bonds is 8. The van der Waals surface area contributed by atoms with E-state index in [0.29, 0.717) is 0 Å². The van der Waals surface area contributed by atoms with Gasteiger partial charge >= 0.3 is 0 Å². The lowest BCUT2D eigenvalue weighted by atomic mass is 9.95. The SMILES string of the molecule is C/C=C\C(=C/C)N(c1cc(-c2ccccc2)cc(-c2ccccc2)c1)c1cc(-c2ccccc2)cc(-c2ccccc2)c1. The predicted molar refractivity (Wildman–Crippen MR) is 185 cm³/mol. The quantitative estimate of drug-likeness (QED) is 0.169. The summed E-state index contributed by atoms with van der Waals surface area (Å²) in [5.41, 5.74) is 12.8. The molecule has 0 spiro atoms. The monoisotopic (exact) mass is 553 g/mol. The van der Waals surface area contributed by atoms with Gasteiger partial charge in [-0.1, -0.05) is 133 Å². The van der Waals surface area contributed by atoms with Crippen molar-refractivity contribution in [3.63, 3.8) is 0 Å². The predicted octanol–water partition coefficient (Wildman–Crippen LogP) is 12.0. The Morgan fingerprint density at radius 1 is 0.395 bits per heavy atom. The van der Waals surface area contributed by atoms with E-state index in [2.05, 4.69) is 195 Å². The summed E-state index contributed by atoms with van der Waals surface area (Å²) < 4.78 is 0. The summed E-state index contributed by atoms with van der Waals surface area (Å²) >= 11 is 0. The molecule has 0 N–H and O–H groups in total. The van der Waals surface area contributed by atoms with Crippen LogP contribution in [0.25, 0.3) is 44.5 Å². The highest BCUT2D eigenvalue weighted by molar-refractivity contribution is 5.86. The van der Waals surface area contributed by atoms with E-state index in [1.807, 2.05) is 0 Å². The summed E-state index contributed by atoms with van der Waals surface area (Å²) in [6, 6.07) is 56.5. The average Bonchev–Trinajstić information content (AvgIpc) is 3.09. The molecule has 208 valence electrons. The molecule has 0 unspecified atom stereocenters. The summed E-state index contributed by atoms with van der Waals surface area (Å²) in [7, 11) is 0. The van der Waals surface area contributed by atoms with Crippen LogP contribution >= 0.6 is 0 Å². The van der Waals surface area contributed by atoms with Crippen LogP contribution in [-0.2, 0) is 0 Å². The smallest absolute Gasteiger partial charge is 0.0473 e. The number of hydrogen-bond acceptors (Lipinski definition) is 1. The van der Waals surface area contributed by atoms with Gasteiger partial charge in [-0.05, 0) is 101 Å². The lowest BCUT2D eigenvalue weighted by molar-refractivity contribution is 1.20. The molecule has 1 nitrogen and oxygen atoms in total. The third-order valence-electron chi connectivity index (χ3n) is 7.67. The van der Waals surface area contributed by atoms with Gasteiger partial charge < -0.3 is 4.90 Å². The van der Waals surface area contributed by atoms with Gasteiger partial charge in [-0.3, -0.25) is 0 Å². The highest BCUT2D eigenvalue weighted by Gasteiger charge is 2.18. The Morgan fingerprint density at radius 2 is 0.698 bits per heavy atom. The van der Waals surface area contributed by atoms with E-state index in [1.165, 1.54) is 44.5 Å². The summed E-state index contributed by atoms with van der Waals surface area (Å²) in [6.45, 7) is 4.19. The maximum Gasteiger partial charge on any atom is 0.0473 e. The van der Waals surface area contributed by atoms with Crippen LogP contribution in [0.15, 0.2) is 182 Å². The van der Waals surface area contributed by atoms with E-state index in [9.17, 15) is 0 Å². The zero-order valence-electron chi connectivity index (χ0n) is 24.7. The number of benzene rings is 6. The molecule has 0 fully saturated rings. The van der Waals surface area contributed by atoms with E-state index < -0.39 is 0 Å². The Morgan fingerprint density at radius 3 is 0.953 bits per heavy atom. The molecular weight excluding hydrogens is 518 g/mol. The molecule has 0 aromatic heterocycles. The maximum absolute atomic E-state index is 2.39. The minimum Gasteiger partial charge on any atom is -0.311 e. The van der Waals surface area contributed by atoms with Gasteiger partial charge in [-0.2, -0.15) is 0 Å². The highest BCUT2D eigenvalue weighted by atomic mass is 15.1. The minimum atomic E-state index is 1.11. The van der Waals surface area contributed by atoms with Gasteiger partial charge in [-0.25, -0.2) is 0 Å². The molecule has 6 rings (SSSR count). The molecule has 0 heterocycles. The first-order chi connectivity index (χ1) is 21.2. The summed E-state index contributed by atoms with van der Waals surface area (Å²) in [4.78, 5) is 2.39. The first kappa shape index (κ1) is 27.8. The van der Waals surface area contributed by atoms with Crippen LogP contribution in [0.2, 0.25) is 0 Å². The fraction of sp³-hybridized carbons (Fsp3) is 0.0476. The first-order valence-electron chi connectivity index (χ1n) is 14.8. The van der Waals surface area contributed by atoms with E-state index in [0.717, 1.165) is 17.1 Å². The third kappa shape index (κ3) is 6.27. The summed E-state index contributed by atoms with van der Waals surface area (Å²) in [6.07, 6.45) is 6.49. The van der Waals surface area contributed by atoms with Crippen molar-refractivity contribution in [3.8, 4) is 44.5 Å². The molecule has 0 radical (unpaired) electrons. The van der Waals surface area contributed by atoms with Crippen LogP contribution in [-0.4, -0.2) is 0 Å². The van der Waals surface area contributed by atoms with Crippen molar-refractivity contribution in [1.82, 2.24) is 0 Å². The third-order valence-corrected chi connectivity index (χ3v) is 7.67. The Hall–Kier alpha value is -5.40. The van der Waals surface area contributed by atoms with Gasteiger partial charge in [0.1, 0.15) is 0 Å². The Labute approximate surface area is 255 Å². The van der Waals surface area contributed by atoms with Gasteiger partial charge in [0.05, 0.1) is 0 Å². The zero-order valence-corrected chi connectivity index (χ0v) is 24.7. The molecule has 0 saturated heterocycles. The maximum atomic E-state index is 2.39. The average molecular weight is 554 g/mol. The van der Waals surface area contributed by atoms with Crippen molar-refractivity contribution in [2.75, 3.05) is 4.90 Å². The lowest BCUT2D eigenvalue weighted by Crippen LogP contribution is -2.15. The molecular formula is C42H35N. The van der Waals surface area contributed by atoms with Crippen molar-refractivity contribution in [2.24, 2.45) is 0 Å². The summed E-state index contributed by atoms with van der Waals surface area (Å²) in [5.74, 6) is 0. The number of hydrogen-bond donors (Lipinski definition) is 0. The summed E-state index contributed by atoms with van der Waals surface area (Å²) in [5, 5.41) is 0. The Balaban J connectivity index is 1.63. The van der Waals surface area contributed by atoms with Crippen molar-refractivity contribution in [1.29, 1.82) is 0 Å². The van der Waals surface area contributed by atoms with Gasteiger partial charge in [-0.15, -0.1) is 0 Å². The fourth-order valence-corrected chi connectivity index (χ4v) is 5.59. The van der Waals surface area contributed by atoms with Crippen molar-refractivity contribution in [2.45, 2.75) is 13.8 Å². The van der Waals surface area contributed by atoms with Crippen molar-refractivity contribution >= 4 is 11.4 Å². The van der Waals surface area contributed by atoms with Crippen LogP contribution < -0.4 is 4.90 Å². The molecule has 0 saturated carbocycles. The second-order valence-electron chi connectivity index (χ2n) is 10.6. The lowest BCUT2D eigenvalue weighted by Gasteiger charge is -2.29. The molecule has 6 aromatic carbocycles. The van der Waals surface area contributed by atoms with Gasteiger partial charge in [0.2, 0.25) is 0 Å². The zero-order chi connectivity index (χ0) is 29.4. The molecule has 0 aliphatic heterocycles. The number of allylic oxidation sites excluding steroid dienone is 3. The second kappa shape index (κ2) is 13.1. The van der Waals surface area contributed by atoms with Crippen molar-refractivity contribution in [3.05, 3.63) is 182 Å². The van der Waals surface area contributed by atoms with Crippen LogP contribution in [0.5, 0.6) is 0 Å². The highest BCUT2D eigenvalue weighted by Crippen LogP contribution is 2.40. The van der Waals surface area contributed by atoms with Crippen LogP contribution in [0.3, 0.4) is 0 Å². The standard InChI is InChI=1S/C42H35N/c1-3-17-40(4-2)43(41-28-36(32-18-9-5-10-19-32)26-37(29-41)33-20-11-6-12-21-33)42-30-38(34-22-13-7-14-23-34)27-39(31-42)35-24-15-8-16-25-35/h3-31H,1-2H3/b17-3-,40-4+. The molecule has 0 bridgehead atoms. The molecule has 43 heavy (non-hydrogen) atoms. The normalized spacial score (nSPS) is 11.5. The molecule has 0 aliphatic carbocycles. The van der Waals surface area contributed by atoms with Gasteiger partial charge in [0, 0.05) is 17.1 Å². The first-order valence-corrected chi connectivity index (χ1v) is 14.8. The van der Waals surface area contributed by atoms with Crippen molar-refractivity contribution < 1.29 is 0 Å². The topological polar surface area (TPSA) is 3.24 Å². The Bertz CT molecular complexity index is 1610. The van der Waals surface area contributed by atoms with E-state index in [4.69, 9.17) is 0 Å². The van der Waals surface area contributed by atoms with Gasteiger partial charge in [0.25, 0.3) is 0 Å². The second-order valence-corrected chi connectivity index (χ2v) is 10.6. The fourth-order valence-electron chi connectivity index (χ4n) is 5.59. The molecule has 6 aromatic rings. The molecule has 0 atom stereocenters. The molecule has 0 aliphatic rings. The van der Waals surface area contributed by atoms with Crippen LogP contribution in [0.1, 0.15) is 13.8 Å². The molecule has 0 amide bonds. The van der Waals surface area contributed by atoms with Crippen LogP contribution in [0.4, 0.5) is 11.4 Å². The van der Waals surface area contributed by atoms with Crippen LogP contribution in [0, 0.1) is 0 Å².